The van der Waals surface area contributed by atoms with Crippen LogP contribution in [0.5, 0.6) is 11.5 Å². The molecule has 1 unspecified atom stereocenters. The average molecular weight is 524 g/mol. The highest BCUT2D eigenvalue weighted by Gasteiger charge is 2.55. The second-order valence-corrected chi connectivity index (χ2v) is 9.61. The fourth-order valence-electron chi connectivity index (χ4n) is 5.48. The summed E-state index contributed by atoms with van der Waals surface area (Å²) in [5.74, 6) is 0.524. The summed E-state index contributed by atoms with van der Waals surface area (Å²) < 4.78 is 22.4. The minimum atomic E-state index is -0.964. The number of carbonyl (C=O) groups excluding carboxylic acids is 3. The van der Waals surface area contributed by atoms with E-state index in [-0.39, 0.29) is 24.3 Å². The molecule has 2 aromatic rings. The molecule has 5 rings (SSSR count). The monoisotopic (exact) mass is 523 g/mol. The zero-order valence-electron chi connectivity index (χ0n) is 21.8. The molecule has 3 saturated heterocycles. The molecule has 202 valence electrons. The van der Waals surface area contributed by atoms with Crippen molar-refractivity contribution in [2.24, 2.45) is 0 Å². The first-order chi connectivity index (χ1) is 18.5. The van der Waals surface area contributed by atoms with Gasteiger partial charge in [0.1, 0.15) is 11.8 Å². The molecule has 0 aliphatic carbocycles. The number of methoxy groups -OCH3 is 2. The third kappa shape index (κ3) is 4.81. The van der Waals surface area contributed by atoms with E-state index >= 15 is 0 Å². The van der Waals surface area contributed by atoms with Crippen LogP contribution in [0.3, 0.4) is 0 Å². The van der Waals surface area contributed by atoms with E-state index in [0.717, 1.165) is 0 Å². The topological polar surface area (TPSA) is 97.9 Å². The Morgan fingerprint density at radius 3 is 2.16 bits per heavy atom. The zero-order valence-corrected chi connectivity index (χ0v) is 21.8. The van der Waals surface area contributed by atoms with Gasteiger partial charge in [-0.15, -0.1) is 0 Å². The van der Waals surface area contributed by atoms with Crippen LogP contribution in [0.2, 0.25) is 0 Å². The van der Waals surface area contributed by atoms with Gasteiger partial charge in [0.15, 0.2) is 11.5 Å². The number of benzene rings is 2. The molecule has 3 amide bonds. The van der Waals surface area contributed by atoms with Crippen molar-refractivity contribution in [1.82, 2.24) is 14.7 Å². The highest BCUT2D eigenvalue weighted by molar-refractivity contribution is 5.98. The van der Waals surface area contributed by atoms with Crippen LogP contribution in [0.15, 0.2) is 48.5 Å². The Labute approximate surface area is 222 Å². The van der Waals surface area contributed by atoms with Gasteiger partial charge in [0.05, 0.1) is 34.0 Å². The van der Waals surface area contributed by atoms with E-state index in [2.05, 4.69) is 0 Å². The van der Waals surface area contributed by atoms with E-state index < -0.39 is 11.8 Å². The molecule has 38 heavy (non-hydrogen) atoms. The summed E-state index contributed by atoms with van der Waals surface area (Å²) in [7, 11) is 3.08. The molecule has 0 saturated carbocycles. The Balaban J connectivity index is 1.37. The van der Waals surface area contributed by atoms with Crippen LogP contribution in [-0.2, 0) is 14.3 Å². The lowest BCUT2D eigenvalue weighted by molar-refractivity contribution is -0.141. The van der Waals surface area contributed by atoms with Gasteiger partial charge in [-0.3, -0.25) is 19.3 Å². The van der Waals surface area contributed by atoms with Gasteiger partial charge in [0.2, 0.25) is 5.91 Å². The summed E-state index contributed by atoms with van der Waals surface area (Å²) in [6.45, 7) is 2.81. The Morgan fingerprint density at radius 2 is 1.50 bits per heavy atom. The van der Waals surface area contributed by atoms with E-state index in [1.807, 2.05) is 6.07 Å². The van der Waals surface area contributed by atoms with Crippen LogP contribution in [-0.4, -0.2) is 104 Å². The number of rotatable bonds is 5. The van der Waals surface area contributed by atoms with Crippen LogP contribution in [0.1, 0.15) is 33.6 Å². The number of morpholine rings is 1. The van der Waals surface area contributed by atoms with Gasteiger partial charge < -0.3 is 28.7 Å². The number of amides is 3. The quantitative estimate of drug-likeness (QED) is 0.592. The fourth-order valence-corrected chi connectivity index (χ4v) is 5.48. The van der Waals surface area contributed by atoms with Crippen LogP contribution < -0.4 is 9.47 Å². The number of nitrogens with zero attached hydrogens (tertiary/aromatic N) is 3. The van der Waals surface area contributed by atoms with Gasteiger partial charge >= 0.3 is 0 Å². The number of hydrogen-bond acceptors (Lipinski definition) is 7. The minimum Gasteiger partial charge on any atom is -0.493 e. The van der Waals surface area contributed by atoms with Crippen molar-refractivity contribution in [3.05, 3.63) is 59.7 Å². The smallest absolute Gasteiger partial charge is 0.256 e. The molecule has 0 bridgehead atoms. The number of piperidine rings is 1. The summed E-state index contributed by atoms with van der Waals surface area (Å²) in [6, 6.07) is 13.3. The normalized spacial score (nSPS) is 20.9. The highest BCUT2D eigenvalue weighted by Crippen LogP contribution is 2.39. The zero-order chi connectivity index (χ0) is 26.7. The van der Waals surface area contributed by atoms with Crippen LogP contribution >= 0.6 is 0 Å². The predicted octanol–water partition coefficient (Wildman–Crippen LogP) is 2.04. The third-order valence-electron chi connectivity index (χ3n) is 7.57. The Kier molecular flexibility index (Phi) is 7.53. The lowest BCUT2D eigenvalue weighted by Gasteiger charge is -2.45. The Morgan fingerprint density at radius 1 is 0.816 bits per heavy atom. The number of carbonyl (C=O) groups is 3. The van der Waals surface area contributed by atoms with Gasteiger partial charge in [0.25, 0.3) is 11.8 Å². The molecule has 0 aromatic heterocycles. The van der Waals surface area contributed by atoms with Crippen LogP contribution in [0, 0.1) is 0 Å². The molecule has 1 spiro atoms. The molecule has 2 aromatic carbocycles. The number of likely N-dealkylation sites (tertiary alicyclic amines) is 1. The van der Waals surface area contributed by atoms with Gasteiger partial charge in [-0.25, -0.2) is 0 Å². The third-order valence-corrected chi connectivity index (χ3v) is 7.57. The number of hydrogen-bond donors (Lipinski definition) is 0. The Hall–Kier alpha value is -3.63. The molecule has 3 aliphatic heterocycles. The second kappa shape index (κ2) is 11.0. The van der Waals surface area contributed by atoms with Gasteiger partial charge in [-0.2, -0.15) is 0 Å². The molecule has 0 N–H and O–H groups in total. The summed E-state index contributed by atoms with van der Waals surface area (Å²) in [5, 5.41) is 0. The standard InChI is InChI=1S/C28H33N3O7/c1-35-23-9-8-21(18-24(23)36-2)25(32)29-12-10-28(11-13-29)31(26(33)20-6-4-3-5-7-20)22(19-38-28)27(34)30-14-16-37-17-15-30/h3-9,18,22H,10-17,19H2,1-2H3. The van der Waals surface area contributed by atoms with E-state index in [4.69, 9.17) is 18.9 Å². The van der Waals surface area contributed by atoms with Crippen molar-refractivity contribution in [3.8, 4) is 11.5 Å². The van der Waals surface area contributed by atoms with Crippen molar-refractivity contribution in [2.45, 2.75) is 24.6 Å². The maximum Gasteiger partial charge on any atom is 0.256 e. The first kappa shape index (κ1) is 26.0. The SMILES string of the molecule is COc1ccc(C(=O)N2CCC3(CC2)OCC(C(=O)N2CCOCC2)N3C(=O)c2ccccc2)cc1OC. The van der Waals surface area contributed by atoms with Gasteiger partial charge in [0, 0.05) is 50.1 Å². The van der Waals surface area contributed by atoms with Gasteiger partial charge in [-0.1, -0.05) is 18.2 Å². The maximum absolute atomic E-state index is 13.8. The largest absolute Gasteiger partial charge is 0.493 e. The number of ether oxygens (including phenoxy) is 4. The first-order valence-corrected chi connectivity index (χ1v) is 12.9. The van der Waals surface area contributed by atoms with E-state index in [0.29, 0.717) is 74.9 Å². The van der Waals surface area contributed by atoms with E-state index in [1.165, 1.54) is 7.11 Å². The first-order valence-electron chi connectivity index (χ1n) is 12.9. The Bertz CT molecular complexity index is 1170. The van der Waals surface area contributed by atoms with E-state index in [1.54, 1.807) is 64.3 Å². The predicted molar refractivity (Wildman–Crippen MR) is 137 cm³/mol. The lowest BCUT2D eigenvalue weighted by Crippen LogP contribution is -2.60. The molecular formula is C28H33N3O7. The van der Waals surface area contributed by atoms with E-state index in [9.17, 15) is 14.4 Å². The molecule has 0 radical (unpaired) electrons. The van der Waals surface area contributed by atoms with Crippen molar-refractivity contribution in [2.75, 3.05) is 60.2 Å². The van der Waals surface area contributed by atoms with Crippen molar-refractivity contribution < 1.29 is 33.3 Å². The van der Waals surface area contributed by atoms with Crippen molar-refractivity contribution in [3.63, 3.8) is 0 Å². The molecule has 3 fully saturated rings. The maximum atomic E-state index is 13.8. The fraction of sp³-hybridized carbons (Fsp3) is 0.464. The average Bonchev–Trinajstić information content (AvgIpc) is 3.35. The summed E-state index contributed by atoms with van der Waals surface area (Å²) in [6.07, 6.45) is 0.801. The highest BCUT2D eigenvalue weighted by atomic mass is 16.5. The summed E-state index contributed by atoms with van der Waals surface area (Å²) in [5.41, 5.74) is 0.0259. The van der Waals surface area contributed by atoms with Gasteiger partial charge in [-0.05, 0) is 30.3 Å². The molecule has 3 heterocycles. The van der Waals surface area contributed by atoms with Crippen LogP contribution in [0.4, 0.5) is 0 Å². The lowest BCUT2D eigenvalue weighted by atomic mass is 9.96. The molecule has 3 aliphatic rings. The minimum absolute atomic E-state index is 0.123. The molecule has 10 heteroatoms. The van der Waals surface area contributed by atoms with Crippen LogP contribution in [0.25, 0.3) is 0 Å². The van der Waals surface area contributed by atoms with Crippen molar-refractivity contribution in [1.29, 1.82) is 0 Å². The molecule has 10 nitrogen and oxygen atoms in total. The second-order valence-electron chi connectivity index (χ2n) is 9.61. The molecular weight excluding hydrogens is 490 g/mol. The summed E-state index contributed by atoms with van der Waals surface area (Å²) in [4.78, 5) is 45.8. The summed E-state index contributed by atoms with van der Waals surface area (Å²) >= 11 is 0. The molecule has 1 atom stereocenters. The van der Waals surface area contributed by atoms with Crippen molar-refractivity contribution >= 4 is 17.7 Å².